The van der Waals surface area contributed by atoms with Gasteiger partial charge >= 0.3 is 21.1 Å². The molecule has 0 unspecified atom stereocenters. The first-order valence-corrected chi connectivity index (χ1v) is 13.8. The fourth-order valence-corrected chi connectivity index (χ4v) is 4.38. The van der Waals surface area contributed by atoms with Crippen LogP contribution < -0.4 is 0 Å². The standard InChI is InChI=1S/C24H20N4O4S2.Pt/c1-33(29,30)27-21-11-5-3-9-17(21)19-13-7-15-23(25-19)24-16-8-14-20(26-24)18-10-4-6-12-22(18)28-34(2,31)32;/h3-16H,1-2H3;/q-2;+2. The third-order valence-electron chi connectivity index (χ3n) is 4.65. The van der Waals surface area contributed by atoms with Crippen molar-refractivity contribution in [2.24, 2.45) is 0 Å². The zero-order valence-electron chi connectivity index (χ0n) is 18.6. The molecule has 8 nitrogen and oxygen atoms in total. The smallest absolute Gasteiger partial charge is 0.577 e. The maximum atomic E-state index is 11.7. The summed E-state index contributed by atoms with van der Waals surface area (Å²) in [5.74, 6) is 0. The monoisotopic (exact) mass is 687 g/mol. The van der Waals surface area contributed by atoms with Gasteiger partial charge in [-0.3, -0.25) is 0 Å². The van der Waals surface area contributed by atoms with Crippen molar-refractivity contribution in [1.29, 1.82) is 0 Å². The van der Waals surface area contributed by atoms with Gasteiger partial charge in [-0.15, -0.1) is 11.4 Å². The molecule has 0 aliphatic heterocycles. The minimum Gasteiger partial charge on any atom is -0.577 e. The molecule has 0 bridgehead atoms. The van der Waals surface area contributed by atoms with Gasteiger partial charge in [-0.25, -0.2) is 26.8 Å². The molecule has 2 heterocycles. The summed E-state index contributed by atoms with van der Waals surface area (Å²) < 4.78 is 54.5. The van der Waals surface area contributed by atoms with Gasteiger partial charge in [0.15, 0.2) is 0 Å². The number of benzene rings is 2. The third-order valence-corrected chi connectivity index (χ3v) is 5.71. The van der Waals surface area contributed by atoms with E-state index in [-0.39, 0.29) is 21.1 Å². The van der Waals surface area contributed by atoms with Gasteiger partial charge in [0.2, 0.25) is 0 Å². The molecular formula is C24H20N4O4PtS2. The molecule has 0 saturated carbocycles. The molecule has 182 valence electrons. The fourth-order valence-electron chi connectivity index (χ4n) is 3.35. The van der Waals surface area contributed by atoms with Crippen molar-refractivity contribution >= 4 is 31.4 Å². The second-order valence-electron chi connectivity index (χ2n) is 7.50. The molecule has 0 fully saturated rings. The number of hydrogen-bond acceptors (Lipinski definition) is 6. The Balaban J connectivity index is 0.00000342. The van der Waals surface area contributed by atoms with Crippen LogP contribution in [0.5, 0.6) is 0 Å². The summed E-state index contributed by atoms with van der Waals surface area (Å²) in [6.45, 7) is 0. The molecule has 35 heavy (non-hydrogen) atoms. The van der Waals surface area contributed by atoms with Crippen molar-refractivity contribution < 1.29 is 37.9 Å². The Bertz CT molecular complexity index is 1460. The molecule has 0 atom stereocenters. The van der Waals surface area contributed by atoms with Crippen molar-refractivity contribution in [1.82, 2.24) is 9.97 Å². The Hall–Kier alpha value is -3.07. The zero-order chi connectivity index (χ0) is 24.3. The minimum absolute atomic E-state index is 0. The average molecular weight is 688 g/mol. The Morgan fingerprint density at radius 2 is 0.857 bits per heavy atom. The molecule has 0 radical (unpaired) electrons. The summed E-state index contributed by atoms with van der Waals surface area (Å²) in [6.07, 6.45) is 2.08. The van der Waals surface area contributed by atoms with Gasteiger partial charge in [-0.2, -0.15) is 0 Å². The van der Waals surface area contributed by atoms with Crippen LogP contribution >= 0.6 is 0 Å². The summed E-state index contributed by atoms with van der Waals surface area (Å²) in [7, 11) is -7.18. The minimum atomic E-state index is -3.59. The van der Waals surface area contributed by atoms with Crippen LogP contribution in [0.25, 0.3) is 43.3 Å². The van der Waals surface area contributed by atoms with E-state index in [4.69, 9.17) is 0 Å². The molecule has 2 aromatic carbocycles. The van der Waals surface area contributed by atoms with Crippen LogP contribution in [0, 0.1) is 0 Å². The van der Waals surface area contributed by atoms with Crippen LogP contribution in [-0.2, 0) is 41.1 Å². The van der Waals surface area contributed by atoms with E-state index in [0.29, 0.717) is 45.3 Å². The Morgan fingerprint density at radius 1 is 0.514 bits per heavy atom. The molecule has 0 spiro atoms. The van der Waals surface area contributed by atoms with Crippen LogP contribution in [-0.4, -0.2) is 39.3 Å². The van der Waals surface area contributed by atoms with E-state index >= 15 is 0 Å². The predicted octanol–water partition coefficient (Wildman–Crippen LogP) is 5.40. The maximum Gasteiger partial charge on any atom is 2.00 e. The van der Waals surface area contributed by atoms with Gasteiger partial charge in [0.05, 0.1) is 42.8 Å². The Labute approximate surface area is 219 Å². The first kappa shape index (κ1) is 26.5. The largest absolute Gasteiger partial charge is 2.00 e. The first-order valence-electron chi connectivity index (χ1n) is 10.1. The third kappa shape index (κ3) is 6.97. The van der Waals surface area contributed by atoms with Crippen LogP contribution in [0.1, 0.15) is 0 Å². The summed E-state index contributed by atoms with van der Waals surface area (Å²) in [5, 5.41) is 0. The van der Waals surface area contributed by atoms with Crippen molar-refractivity contribution in [3.05, 3.63) is 94.4 Å². The van der Waals surface area contributed by atoms with E-state index in [0.717, 1.165) is 12.5 Å². The molecule has 0 N–H and O–H groups in total. The molecular weight excluding hydrogens is 668 g/mol. The normalized spacial score (nSPS) is 11.4. The molecule has 2 aromatic heterocycles. The van der Waals surface area contributed by atoms with Gasteiger partial charge in [-0.1, -0.05) is 60.7 Å². The Morgan fingerprint density at radius 3 is 1.23 bits per heavy atom. The van der Waals surface area contributed by atoms with Crippen LogP contribution in [0.15, 0.2) is 84.9 Å². The van der Waals surface area contributed by atoms with Gasteiger partial charge in [0.1, 0.15) is 0 Å². The van der Waals surface area contributed by atoms with E-state index < -0.39 is 20.0 Å². The van der Waals surface area contributed by atoms with Crippen molar-refractivity contribution in [2.75, 3.05) is 12.5 Å². The molecule has 4 rings (SSSR count). The second kappa shape index (κ2) is 10.7. The molecule has 4 aromatic rings. The molecule has 0 amide bonds. The van der Waals surface area contributed by atoms with Crippen LogP contribution in [0.3, 0.4) is 0 Å². The van der Waals surface area contributed by atoms with Gasteiger partial charge in [0.25, 0.3) is 0 Å². The van der Waals surface area contributed by atoms with Crippen LogP contribution in [0.4, 0.5) is 11.4 Å². The summed E-state index contributed by atoms with van der Waals surface area (Å²) in [6, 6.07) is 24.4. The maximum absolute atomic E-state index is 11.7. The van der Waals surface area contributed by atoms with Gasteiger partial charge in [-0.05, 0) is 35.4 Å². The SMILES string of the molecule is CS(=O)(=O)[N-]c1ccccc1-c1cccc(-c2cccc(-c3ccccc3[N-]S(C)(=O)=O)n2)n1.[Pt+2]. The van der Waals surface area contributed by atoms with Crippen molar-refractivity contribution in [3.8, 4) is 33.9 Å². The fraction of sp³-hybridized carbons (Fsp3) is 0.0833. The molecule has 11 heteroatoms. The number of rotatable bonds is 7. The predicted molar refractivity (Wildman–Crippen MR) is 134 cm³/mol. The number of hydrogen-bond donors (Lipinski definition) is 0. The van der Waals surface area contributed by atoms with E-state index in [2.05, 4.69) is 19.4 Å². The van der Waals surface area contributed by atoms with Gasteiger partial charge < -0.3 is 9.44 Å². The van der Waals surface area contributed by atoms with Crippen molar-refractivity contribution in [3.63, 3.8) is 0 Å². The Kier molecular flexibility index (Phi) is 8.10. The molecule has 0 aliphatic carbocycles. The molecule has 0 aliphatic rings. The topological polar surface area (TPSA) is 122 Å². The van der Waals surface area contributed by atoms with Gasteiger partial charge in [0, 0.05) is 12.5 Å². The summed E-state index contributed by atoms with van der Waals surface area (Å²) in [5.41, 5.74) is 3.95. The van der Waals surface area contributed by atoms with E-state index in [1.54, 1.807) is 84.9 Å². The first-order chi connectivity index (χ1) is 16.1. The second-order valence-corrected chi connectivity index (χ2v) is 10.8. The van der Waals surface area contributed by atoms with E-state index in [1.165, 1.54) is 0 Å². The van der Waals surface area contributed by atoms with Crippen LogP contribution in [0.2, 0.25) is 0 Å². The average Bonchev–Trinajstić information content (AvgIpc) is 2.78. The van der Waals surface area contributed by atoms with E-state index in [9.17, 15) is 16.8 Å². The zero-order valence-corrected chi connectivity index (χ0v) is 22.5. The number of pyridine rings is 2. The molecule has 0 saturated heterocycles. The van der Waals surface area contributed by atoms with Crippen molar-refractivity contribution in [2.45, 2.75) is 0 Å². The number of nitrogens with zero attached hydrogens (tertiary/aromatic N) is 4. The quantitative estimate of drug-likeness (QED) is 0.256. The summed E-state index contributed by atoms with van der Waals surface area (Å²) in [4.78, 5) is 9.37. The number of aromatic nitrogens is 2. The summed E-state index contributed by atoms with van der Waals surface area (Å²) >= 11 is 0. The number of sulfonamides is 2. The van der Waals surface area contributed by atoms with E-state index in [1.807, 2.05) is 0 Å².